The third-order valence-electron chi connectivity index (χ3n) is 5.45. The van der Waals surface area contributed by atoms with Crippen molar-refractivity contribution >= 4 is 21.8 Å². The van der Waals surface area contributed by atoms with E-state index >= 15 is 0 Å². The standard InChI is InChI=1S/C19H24N4O5S/c24-18(16-12-15(13-20-16)29(26,27)23-7-1-2-8-23)21-14-5-9-22(10-6-14)19(25)17-4-3-11-28-17/h3-4,11-14,20H,1-2,5-10H2,(H,21,24). The number of hydrogen-bond acceptors (Lipinski definition) is 5. The Bertz CT molecular complexity index is 968. The molecule has 2 fully saturated rings. The molecule has 0 bridgehead atoms. The number of nitrogens with one attached hydrogen (secondary N) is 2. The first-order valence-corrected chi connectivity index (χ1v) is 11.2. The molecule has 2 aromatic rings. The molecule has 2 saturated heterocycles. The molecule has 4 heterocycles. The zero-order valence-electron chi connectivity index (χ0n) is 16.0. The Labute approximate surface area is 169 Å². The van der Waals surface area contributed by atoms with Gasteiger partial charge in [0.15, 0.2) is 5.76 Å². The Balaban J connectivity index is 1.32. The molecule has 2 aliphatic rings. The van der Waals surface area contributed by atoms with Gasteiger partial charge in [0.1, 0.15) is 10.6 Å². The molecule has 0 spiro atoms. The largest absolute Gasteiger partial charge is 0.459 e. The number of rotatable bonds is 5. The van der Waals surface area contributed by atoms with Crippen molar-refractivity contribution < 1.29 is 22.4 Å². The van der Waals surface area contributed by atoms with Gasteiger partial charge in [0.05, 0.1) is 6.26 Å². The molecule has 29 heavy (non-hydrogen) atoms. The van der Waals surface area contributed by atoms with Gasteiger partial charge in [-0.1, -0.05) is 0 Å². The van der Waals surface area contributed by atoms with Gasteiger partial charge in [0.25, 0.3) is 11.8 Å². The molecule has 0 atom stereocenters. The lowest BCUT2D eigenvalue weighted by Crippen LogP contribution is -2.46. The van der Waals surface area contributed by atoms with Crippen molar-refractivity contribution in [3.8, 4) is 0 Å². The molecular formula is C19H24N4O5S. The fourth-order valence-corrected chi connectivity index (χ4v) is 5.29. The lowest BCUT2D eigenvalue weighted by atomic mass is 10.0. The normalized spacial score (nSPS) is 18.8. The molecule has 10 heteroatoms. The highest BCUT2D eigenvalue weighted by Crippen LogP contribution is 2.22. The summed E-state index contributed by atoms with van der Waals surface area (Å²) in [7, 11) is -3.55. The maximum Gasteiger partial charge on any atom is 0.289 e. The minimum atomic E-state index is -3.55. The summed E-state index contributed by atoms with van der Waals surface area (Å²) >= 11 is 0. The number of hydrogen-bond donors (Lipinski definition) is 2. The minimum Gasteiger partial charge on any atom is -0.459 e. The van der Waals surface area contributed by atoms with Crippen LogP contribution < -0.4 is 5.32 Å². The first-order valence-electron chi connectivity index (χ1n) is 9.77. The summed E-state index contributed by atoms with van der Waals surface area (Å²) in [6.07, 6.45) is 5.80. The molecule has 0 aromatic carbocycles. The third-order valence-corrected chi connectivity index (χ3v) is 7.33. The second-order valence-electron chi connectivity index (χ2n) is 7.38. The zero-order valence-corrected chi connectivity index (χ0v) is 16.8. The molecule has 0 saturated carbocycles. The van der Waals surface area contributed by atoms with Gasteiger partial charge in [-0.15, -0.1) is 0 Å². The van der Waals surface area contributed by atoms with E-state index in [1.54, 1.807) is 17.0 Å². The lowest BCUT2D eigenvalue weighted by molar-refractivity contribution is 0.0667. The van der Waals surface area contributed by atoms with Gasteiger partial charge < -0.3 is 19.6 Å². The number of H-pyrrole nitrogens is 1. The van der Waals surface area contributed by atoms with Gasteiger partial charge in [-0.3, -0.25) is 9.59 Å². The van der Waals surface area contributed by atoms with Crippen LogP contribution in [0.25, 0.3) is 0 Å². The van der Waals surface area contributed by atoms with E-state index in [1.807, 2.05) is 0 Å². The van der Waals surface area contributed by atoms with E-state index in [-0.39, 0.29) is 28.4 Å². The Kier molecular flexibility index (Phi) is 5.46. The number of likely N-dealkylation sites (tertiary alicyclic amines) is 1. The maximum atomic E-state index is 12.6. The number of carbonyl (C=O) groups excluding carboxylic acids is 2. The molecule has 156 valence electrons. The first kappa shape index (κ1) is 19.7. The molecule has 0 aliphatic carbocycles. The van der Waals surface area contributed by atoms with Crippen LogP contribution in [0.2, 0.25) is 0 Å². The van der Waals surface area contributed by atoms with E-state index in [9.17, 15) is 18.0 Å². The number of aromatic amines is 1. The van der Waals surface area contributed by atoms with E-state index in [0.29, 0.717) is 44.8 Å². The van der Waals surface area contributed by atoms with Crippen LogP contribution in [0, 0.1) is 0 Å². The average molecular weight is 420 g/mol. The number of nitrogens with zero attached hydrogens (tertiary/aromatic N) is 2. The third kappa shape index (κ3) is 4.08. The second kappa shape index (κ2) is 8.03. The molecule has 9 nitrogen and oxygen atoms in total. The molecule has 2 aliphatic heterocycles. The Morgan fingerprint density at radius 3 is 2.52 bits per heavy atom. The van der Waals surface area contributed by atoms with Gasteiger partial charge in [-0.2, -0.15) is 4.31 Å². The van der Waals surface area contributed by atoms with E-state index < -0.39 is 10.0 Å². The van der Waals surface area contributed by atoms with Crippen LogP contribution in [-0.4, -0.2) is 66.6 Å². The molecular weight excluding hydrogens is 396 g/mol. The Morgan fingerprint density at radius 2 is 1.86 bits per heavy atom. The first-order chi connectivity index (χ1) is 13.9. The number of carbonyl (C=O) groups is 2. The highest BCUT2D eigenvalue weighted by Gasteiger charge is 2.30. The van der Waals surface area contributed by atoms with E-state index in [2.05, 4.69) is 10.3 Å². The van der Waals surface area contributed by atoms with Gasteiger partial charge in [0.2, 0.25) is 10.0 Å². The summed E-state index contributed by atoms with van der Waals surface area (Å²) in [5.41, 5.74) is 0.219. The monoisotopic (exact) mass is 420 g/mol. The Morgan fingerprint density at radius 1 is 1.14 bits per heavy atom. The SMILES string of the molecule is O=C(NC1CCN(C(=O)c2ccco2)CC1)c1cc(S(=O)(=O)N2CCCC2)c[nH]1. The second-order valence-corrected chi connectivity index (χ2v) is 9.32. The van der Waals surface area contributed by atoms with Crippen molar-refractivity contribution in [2.45, 2.75) is 36.6 Å². The van der Waals surface area contributed by atoms with E-state index in [0.717, 1.165) is 12.8 Å². The fourth-order valence-electron chi connectivity index (χ4n) is 3.78. The zero-order chi connectivity index (χ0) is 20.4. The van der Waals surface area contributed by atoms with Crippen LogP contribution in [0.15, 0.2) is 40.0 Å². The summed E-state index contributed by atoms with van der Waals surface area (Å²) in [4.78, 5) is 29.4. The van der Waals surface area contributed by atoms with Gasteiger partial charge in [-0.05, 0) is 43.9 Å². The molecule has 2 N–H and O–H groups in total. The van der Waals surface area contributed by atoms with Gasteiger partial charge in [0, 0.05) is 38.4 Å². The minimum absolute atomic E-state index is 0.0786. The number of amides is 2. The number of piperidine rings is 1. The van der Waals surface area contributed by atoms with Crippen LogP contribution in [0.3, 0.4) is 0 Å². The summed E-state index contributed by atoms with van der Waals surface area (Å²) < 4.78 is 31.8. The van der Waals surface area contributed by atoms with Crippen LogP contribution in [0.5, 0.6) is 0 Å². The molecule has 0 radical (unpaired) electrons. The predicted molar refractivity (Wildman–Crippen MR) is 104 cm³/mol. The summed E-state index contributed by atoms with van der Waals surface area (Å²) in [5, 5.41) is 2.92. The quantitative estimate of drug-likeness (QED) is 0.759. The fraction of sp³-hybridized carbons (Fsp3) is 0.474. The van der Waals surface area contributed by atoms with Crippen LogP contribution in [0.4, 0.5) is 0 Å². The van der Waals surface area contributed by atoms with E-state index in [4.69, 9.17) is 4.42 Å². The van der Waals surface area contributed by atoms with Crippen LogP contribution in [0.1, 0.15) is 46.7 Å². The summed E-state index contributed by atoms with van der Waals surface area (Å²) in [6.45, 7) is 2.07. The van der Waals surface area contributed by atoms with Crippen LogP contribution in [-0.2, 0) is 10.0 Å². The van der Waals surface area contributed by atoms with Crippen molar-refractivity contribution in [1.29, 1.82) is 0 Å². The summed E-state index contributed by atoms with van der Waals surface area (Å²) in [5.74, 6) is -0.185. The highest BCUT2D eigenvalue weighted by molar-refractivity contribution is 7.89. The number of furan rings is 1. The molecule has 0 unspecified atom stereocenters. The van der Waals surface area contributed by atoms with Gasteiger partial charge >= 0.3 is 0 Å². The number of sulfonamides is 1. The highest BCUT2D eigenvalue weighted by atomic mass is 32.2. The van der Waals surface area contributed by atoms with Crippen molar-refractivity contribution in [2.24, 2.45) is 0 Å². The molecule has 2 aromatic heterocycles. The van der Waals surface area contributed by atoms with Crippen molar-refractivity contribution in [3.63, 3.8) is 0 Å². The smallest absolute Gasteiger partial charge is 0.289 e. The van der Waals surface area contributed by atoms with E-state index in [1.165, 1.54) is 22.8 Å². The lowest BCUT2D eigenvalue weighted by Gasteiger charge is -2.31. The van der Waals surface area contributed by atoms with Crippen molar-refractivity contribution in [2.75, 3.05) is 26.2 Å². The Hall–Kier alpha value is -2.59. The van der Waals surface area contributed by atoms with Crippen LogP contribution >= 0.6 is 0 Å². The maximum absolute atomic E-state index is 12.6. The van der Waals surface area contributed by atoms with Crippen molar-refractivity contribution in [1.82, 2.24) is 19.5 Å². The predicted octanol–water partition coefficient (Wildman–Crippen LogP) is 1.43. The summed E-state index contributed by atoms with van der Waals surface area (Å²) in [6, 6.07) is 4.62. The van der Waals surface area contributed by atoms with Crippen molar-refractivity contribution in [3.05, 3.63) is 42.1 Å². The molecule has 4 rings (SSSR count). The number of aromatic nitrogens is 1. The topological polar surface area (TPSA) is 116 Å². The van der Waals surface area contributed by atoms with Gasteiger partial charge in [-0.25, -0.2) is 8.42 Å². The average Bonchev–Trinajstić information content (AvgIpc) is 3.50. The molecule has 2 amide bonds.